The van der Waals surface area contributed by atoms with Crippen LogP contribution in [-0.4, -0.2) is 31.0 Å². The van der Waals surface area contributed by atoms with Gasteiger partial charge in [0.05, 0.1) is 6.61 Å². The third-order valence-corrected chi connectivity index (χ3v) is 6.62. The first kappa shape index (κ1) is 26.6. The molecule has 0 aliphatic carbocycles. The van der Waals surface area contributed by atoms with E-state index >= 15 is 0 Å². The SMILES string of the molecule is CCOC(=O)c1c(-c2ccccc2)csc1NC(=O)COc1ccc(C(=O)Nc2ccc(C)cc2C)cc1. The summed E-state index contributed by atoms with van der Waals surface area (Å²) < 4.78 is 10.8. The zero-order valence-electron chi connectivity index (χ0n) is 21.4. The highest BCUT2D eigenvalue weighted by Crippen LogP contribution is 2.36. The lowest BCUT2D eigenvalue weighted by Crippen LogP contribution is -2.21. The van der Waals surface area contributed by atoms with Gasteiger partial charge in [-0.15, -0.1) is 11.3 Å². The van der Waals surface area contributed by atoms with E-state index in [2.05, 4.69) is 10.6 Å². The van der Waals surface area contributed by atoms with Gasteiger partial charge in [-0.1, -0.05) is 48.0 Å². The minimum absolute atomic E-state index is 0.220. The van der Waals surface area contributed by atoms with Gasteiger partial charge in [-0.2, -0.15) is 0 Å². The fourth-order valence-electron chi connectivity index (χ4n) is 3.85. The fourth-order valence-corrected chi connectivity index (χ4v) is 4.82. The van der Waals surface area contributed by atoms with Crippen LogP contribution in [0.5, 0.6) is 5.75 Å². The van der Waals surface area contributed by atoms with Gasteiger partial charge in [0.25, 0.3) is 11.8 Å². The Morgan fingerprint density at radius 2 is 1.63 bits per heavy atom. The molecule has 0 atom stereocenters. The molecule has 2 N–H and O–H groups in total. The summed E-state index contributed by atoms with van der Waals surface area (Å²) in [5, 5.41) is 7.89. The van der Waals surface area contributed by atoms with Gasteiger partial charge < -0.3 is 20.1 Å². The molecule has 2 amide bonds. The summed E-state index contributed by atoms with van der Waals surface area (Å²) in [5.74, 6) is -0.725. The van der Waals surface area contributed by atoms with Crippen molar-refractivity contribution < 1.29 is 23.9 Å². The van der Waals surface area contributed by atoms with Crippen LogP contribution in [0.2, 0.25) is 0 Å². The van der Waals surface area contributed by atoms with Gasteiger partial charge in [0, 0.05) is 22.2 Å². The molecule has 38 heavy (non-hydrogen) atoms. The minimum atomic E-state index is -0.501. The highest BCUT2D eigenvalue weighted by molar-refractivity contribution is 7.15. The smallest absolute Gasteiger partial charge is 0.341 e. The maximum Gasteiger partial charge on any atom is 0.341 e. The number of thiophene rings is 1. The zero-order chi connectivity index (χ0) is 27.1. The van der Waals surface area contributed by atoms with Crippen LogP contribution in [0, 0.1) is 13.8 Å². The van der Waals surface area contributed by atoms with E-state index in [1.807, 2.05) is 67.8 Å². The van der Waals surface area contributed by atoms with Crippen molar-refractivity contribution in [1.29, 1.82) is 0 Å². The zero-order valence-corrected chi connectivity index (χ0v) is 22.2. The van der Waals surface area contributed by atoms with E-state index < -0.39 is 11.9 Å². The number of aryl methyl sites for hydroxylation is 2. The third kappa shape index (κ3) is 6.46. The van der Waals surface area contributed by atoms with Crippen molar-refractivity contribution in [2.24, 2.45) is 0 Å². The van der Waals surface area contributed by atoms with Crippen molar-refractivity contribution in [2.45, 2.75) is 20.8 Å². The molecule has 0 aliphatic rings. The number of carbonyl (C=O) groups excluding carboxylic acids is 3. The average Bonchev–Trinajstić information content (AvgIpc) is 3.33. The summed E-state index contributed by atoms with van der Waals surface area (Å²) in [5.41, 5.74) is 5.19. The summed E-state index contributed by atoms with van der Waals surface area (Å²) >= 11 is 1.25. The van der Waals surface area contributed by atoms with E-state index in [0.29, 0.717) is 27.4 Å². The summed E-state index contributed by atoms with van der Waals surface area (Å²) in [7, 11) is 0. The molecular weight excluding hydrogens is 500 g/mol. The first-order valence-corrected chi connectivity index (χ1v) is 13.0. The van der Waals surface area contributed by atoms with Crippen LogP contribution >= 0.6 is 11.3 Å². The Kier molecular flexibility index (Phi) is 8.55. The fraction of sp³-hybridized carbons (Fsp3) is 0.167. The number of anilines is 2. The molecule has 4 rings (SSSR count). The van der Waals surface area contributed by atoms with E-state index in [-0.39, 0.29) is 19.1 Å². The van der Waals surface area contributed by atoms with E-state index in [9.17, 15) is 14.4 Å². The van der Waals surface area contributed by atoms with Gasteiger partial charge >= 0.3 is 5.97 Å². The number of hydrogen-bond donors (Lipinski definition) is 2. The van der Waals surface area contributed by atoms with Crippen molar-refractivity contribution in [3.05, 3.63) is 100 Å². The maximum atomic E-state index is 12.7. The molecule has 0 saturated carbocycles. The molecule has 1 heterocycles. The largest absolute Gasteiger partial charge is 0.484 e. The van der Waals surface area contributed by atoms with Gasteiger partial charge in [0.15, 0.2) is 6.61 Å². The molecule has 8 heteroatoms. The second kappa shape index (κ2) is 12.2. The standard InChI is InChI=1S/C30H28N2O5S/c1-4-36-30(35)27-24(21-8-6-5-7-9-21)18-38-29(27)32-26(33)17-37-23-13-11-22(12-14-23)28(34)31-25-15-10-19(2)16-20(25)3/h5-16,18H,4,17H2,1-3H3,(H,31,34)(H,32,33). The van der Waals surface area contributed by atoms with Crippen LogP contribution in [-0.2, 0) is 9.53 Å². The molecule has 194 valence electrons. The van der Waals surface area contributed by atoms with Crippen molar-refractivity contribution in [1.82, 2.24) is 0 Å². The predicted octanol–water partition coefficient (Wildman–Crippen LogP) is 6.48. The normalized spacial score (nSPS) is 10.5. The Morgan fingerprint density at radius 1 is 0.895 bits per heavy atom. The summed E-state index contributed by atoms with van der Waals surface area (Å²) in [6, 6.07) is 21.8. The lowest BCUT2D eigenvalue weighted by Gasteiger charge is -2.11. The van der Waals surface area contributed by atoms with Crippen LogP contribution in [0.1, 0.15) is 38.8 Å². The molecule has 0 fully saturated rings. The minimum Gasteiger partial charge on any atom is -0.484 e. The van der Waals surface area contributed by atoms with Crippen LogP contribution in [0.25, 0.3) is 11.1 Å². The molecule has 4 aromatic rings. The molecule has 0 unspecified atom stereocenters. The number of nitrogens with one attached hydrogen (secondary N) is 2. The Balaban J connectivity index is 1.38. The number of ether oxygens (including phenoxy) is 2. The topological polar surface area (TPSA) is 93.7 Å². The second-order valence-electron chi connectivity index (χ2n) is 8.57. The van der Waals surface area contributed by atoms with Gasteiger partial charge in [0.1, 0.15) is 16.3 Å². The first-order valence-electron chi connectivity index (χ1n) is 12.1. The van der Waals surface area contributed by atoms with Crippen molar-refractivity contribution in [3.8, 4) is 16.9 Å². The molecular formula is C30H28N2O5S. The van der Waals surface area contributed by atoms with Crippen LogP contribution in [0.15, 0.2) is 78.2 Å². The first-order chi connectivity index (χ1) is 18.4. The van der Waals surface area contributed by atoms with Crippen LogP contribution in [0.4, 0.5) is 10.7 Å². The van der Waals surface area contributed by atoms with Crippen molar-refractivity contribution in [2.75, 3.05) is 23.8 Å². The molecule has 0 bridgehead atoms. The molecule has 7 nitrogen and oxygen atoms in total. The predicted molar refractivity (Wildman–Crippen MR) is 150 cm³/mol. The van der Waals surface area contributed by atoms with E-state index in [4.69, 9.17) is 9.47 Å². The average molecular weight is 529 g/mol. The lowest BCUT2D eigenvalue weighted by atomic mass is 10.0. The second-order valence-corrected chi connectivity index (χ2v) is 9.45. The summed E-state index contributed by atoms with van der Waals surface area (Å²) in [6.45, 7) is 5.63. The van der Waals surface area contributed by atoms with Crippen molar-refractivity contribution in [3.63, 3.8) is 0 Å². The third-order valence-electron chi connectivity index (χ3n) is 5.72. The number of rotatable bonds is 9. The monoisotopic (exact) mass is 528 g/mol. The number of amides is 2. The molecule has 3 aromatic carbocycles. The highest BCUT2D eigenvalue weighted by Gasteiger charge is 2.23. The summed E-state index contributed by atoms with van der Waals surface area (Å²) in [4.78, 5) is 38.0. The van der Waals surface area contributed by atoms with Crippen molar-refractivity contribution >= 4 is 39.8 Å². The highest BCUT2D eigenvalue weighted by atomic mass is 32.1. The quantitative estimate of drug-likeness (QED) is 0.243. The lowest BCUT2D eigenvalue weighted by molar-refractivity contribution is -0.118. The number of benzene rings is 3. The van der Waals surface area contributed by atoms with Crippen LogP contribution in [0.3, 0.4) is 0 Å². The molecule has 0 radical (unpaired) electrons. The molecule has 0 aliphatic heterocycles. The Morgan fingerprint density at radius 3 is 2.32 bits per heavy atom. The molecule has 0 saturated heterocycles. The van der Waals surface area contributed by atoms with Gasteiger partial charge in [-0.3, -0.25) is 9.59 Å². The van der Waals surface area contributed by atoms with Gasteiger partial charge in [-0.25, -0.2) is 4.79 Å². The number of esters is 1. The Hall–Kier alpha value is -4.43. The van der Waals surface area contributed by atoms with E-state index in [0.717, 1.165) is 22.4 Å². The number of carbonyl (C=O) groups is 3. The van der Waals surface area contributed by atoms with E-state index in [1.54, 1.807) is 31.2 Å². The van der Waals surface area contributed by atoms with Crippen LogP contribution < -0.4 is 15.4 Å². The Labute approximate surface area is 225 Å². The van der Waals surface area contributed by atoms with E-state index in [1.165, 1.54) is 11.3 Å². The van der Waals surface area contributed by atoms with Gasteiger partial charge in [0.2, 0.25) is 0 Å². The molecule has 1 aromatic heterocycles. The summed E-state index contributed by atoms with van der Waals surface area (Å²) in [6.07, 6.45) is 0. The maximum absolute atomic E-state index is 12.7. The molecule has 0 spiro atoms. The number of hydrogen-bond acceptors (Lipinski definition) is 6. The van der Waals surface area contributed by atoms with Gasteiger partial charge in [-0.05, 0) is 62.2 Å². The Bertz CT molecular complexity index is 1450.